The maximum atomic E-state index is 12.4. The first kappa shape index (κ1) is 11.3. The number of alkyl halides is 2. The van der Waals surface area contributed by atoms with Gasteiger partial charge in [0.05, 0.1) is 0 Å². The van der Waals surface area contributed by atoms with Crippen LogP contribution in [-0.2, 0) is 6.54 Å². The van der Waals surface area contributed by atoms with Gasteiger partial charge in [0.25, 0.3) is 6.43 Å². The van der Waals surface area contributed by atoms with Gasteiger partial charge in [0.1, 0.15) is 10.3 Å². The highest BCUT2D eigenvalue weighted by atomic mass is 127. The minimum absolute atomic E-state index is 0.0793. The number of nitrogens with two attached hydrogens (primary N) is 1. The van der Waals surface area contributed by atoms with Crippen LogP contribution in [0.5, 0.6) is 0 Å². The summed E-state index contributed by atoms with van der Waals surface area (Å²) in [6, 6.07) is 1.61. The molecule has 72 valence electrons. The van der Waals surface area contributed by atoms with Gasteiger partial charge < -0.3 is 5.73 Å². The summed E-state index contributed by atoms with van der Waals surface area (Å²) in [4.78, 5) is 3.72. The number of aromatic nitrogens is 1. The monoisotopic (exact) mass is 362 g/mol. The summed E-state index contributed by atoms with van der Waals surface area (Å²) in [6.45, 7) is 0.0793. The molecule has 0 aromatic carbocycles. The Bertz CT molecular complexity index is 320. The van der Waals surface area contributed by atoms with Crippen LogP contribution < -0.4 is 5.73 Å². The van der Waals surface area contributed by atoms with Crippen LogP contribution in [0.15, 0.2) is 10.7 Å². The summed E-state index contributed by atoms with van der Waals surface area (Å²) in [5, 5.41) is 0. The van der Waals surface area contributed by atoms with Gasteiger partial charge in [-0.25, -0.2) is 13.8 Å². The van der Waals surface area contributed by atoms with Crippen LogP contribution in [0.25, 0.3) is 0 Å². The summed E-state index contributed by atoms with van der Waals surface area (Å²) >= 11 is 5.09. The molecule has 13 heavy (non-hydrogen) atoms. The Hall–Kier alpha value is 0.180. The standard InChI is InChI=1S/C7H6BrF2IN2/c8-6-4(11)1-3(2-12)5(13-6)7(9)10/h1,7H,2,12H2. The quantitative estimate of drug-likeness (QED) is 0.649. The van der Waals surface area contributed by atoms with E-state index in [-0.39, 0.29) is 12.2 Å². The molecule has 0 radical (unpaired) electrons. The van der Waals surface area contributed by atoms with Crippen LogP contribution in [0.4, 0.5) is 8.78 Å². The van der Waals surface area contributed by atoms with Gasteiger partial charge in [-0.1, -0.05) is 0 Å². The highest BCUT2D eigenvalue weighted by molar-refractivity contribution is 14.1. The van der Waals surface area contributed by atoms with E-state index < -0.39 is 6.43 Å². The van der Waals surface area contributed by atoms with E-state index in [0.717, 1.165) is 3.57 Å². The zero-order valence-electron chi connectivity index (χ0n) is 6.40. The Morgan fingerprint density at radius 1 is 1.62 bits per heavy atom. The van der Waals surface area contributed by atoms with Crippen LogP contribution >= 0.6 is 38.5 Å². The normalized spacial score (nSPS) is 10.9. The van der Waals surface area contributed by atoms with Crippen molar-refractivity contribution in [3.8, 4) is 0 Å². The number of hydrogen-bond acceptors (Lipinski definition) is 2. The third-order valence-corrected chi connectivity index (χ3v) is 3.64. The smallest absolute Gasteiger partial charge is 0.280 e. The predicted molar refractivity (Wildman–Crippen MR) is 57.5 cm³/mol. The first-order valence-electron chi connectivity index (χ1n) is 3.39. The molecular weight excluding hydrogens is 357 g/mol. The van der Waals surface area contributed by atoms with Crippen LogP contribution in [0, 0.1) is 3.57 Å². The van der Waals surface area contributed by atoms with Gasteiger partial charge in [0, 0.05) is 10.1 Å². The molecule has 1 aromatic heterocycles. The maximum Gasteiger partial charge on any atom is 0.280 e. The van der Waals surface area contributed by atoms with E-state index in [2.05, 4.69) is 20.9 Å². The van der Waals surface area contributed by atoms with E-state index in [0.29, 0.717) is 10.2 Å². The average molecular weight is 363 g/mol. The molecule has 6 heteroatoms. The van der Waals surface area contributed by atoms with Crippen molar-refractivity contribution in [2.75, 3.05) is 0 Å². The molecular formula is C7H6BrF2IN2. The molecule has 1 aromatic rings. The lowest BCUT2D eigenvalue weighted by atomic mass is 10.2. The Balaban J connectivity index is 3.25. The molecule has 2 nitrogen and oxygen atoms in total. The van der Waals surface area contributed by atoms with Gasteiger partial charge in [-0.3, -0.25) is 0 Å². The highest BCUT2D eigenvalue weighted by Gasteiger charge is 2.15. The van der Waals surface area contributed by atoms with Crippen molar-refractivity contribution in [1.29, 1.82) is 0 Å². The molecule has 2 N–H and O–H groups in total. The predicted octanol–water partition coefficient (Wildman–Crippen LogP) is 2.85. The highest BCUT2D eigenvalue weighted by Crippen LogP contribution is 2.26. The van der Waals surface area contributed by atoms with Crippen molar-refractivity contribution in [2.24, 2.45) is 5.73 Å². The van der Waals surface area contributed by atoms with Crippen LogP contribution in [0.3, 0.4) is 0 Å². The largest absolute Gasteiger partial charge is 0.326 e. The molecule has 0 aliphatic rings. The second-order valence-electron chi connectivity index (χ2n) is 2.31. The minimum atomic E-state index is -2.58. The Morgan fingerprint density at radius 2 is 2.23 bits per heavy atom. The first-order chi connectivity index (χ1) is 6.06. The molecule has 1 rings (SSSR count). The zero-order valence-corrected chi connectivity index (χ0v) is 10.1. The fraction of sp³-hybridized carbons (Fsp3) is 0.286. The third kappa shape index (κ3) is 2.57. The Labute approximate surface area is 96.2 Å². The summed E-state index contributed by atoms with van der Waals surface area (Å²) in [7, 11) is 0. The SMILES string of the molecule is NCc1cc(I)c(Br)nc1C(F)F. The summed E-state index contributed by atoms with van der Waals surface area (Å²) in [6.07, 6.45) is -2.58. The zero-order chi connectivity index (χ0) is 10.0. The van der Waals surface area contributed by atoms with Crippen molar-refractivity contribution < 1.29 is 8.78 Å². The van der Waals surface area contributed by atoms with Crippen LogP contribution in [-0.4, -0.2) is 4.98 Å². The van der Waals surface area contributed by atoms with Gasteiger partial charge in [-0.2, -0.15) is 0 Å². The fourth-order valence-electron chi connectivity index (χ4n) is 0.870. The summed E-state index contributed by atoms with van der Waals surface area (Å²) < 4.78 is 26.0. The number of halogens is 4. The molecule has 0 spiro atoms. The van der Waals surface area contributed by atoms with Crippen molar-refractivity contribution in [1.82, 2.24) is 4.98 Å². The van der Waals surface area contributed by atoms with E-state index in [1.165, 1.54) is 0 Å². The molecule has 0 fully saturated rings. The van der Waals surface area contributed by atoms with Crippen molar-refractivity contribution >= 4 is 38.5 Å². The van der Waals surface area contributed by atoms with E-state index in [1.54, 1.807) is 6.07 Å². The third-order valence-electron chi connectivity index (χ3n) is 1.47. The molecule has 0 saturated heterocycles. The number of pyridine rings is 1. The lowest BCUT2D eigenvalue weighted by Crippen LogP contribution is -2.05. The minimum Gasteiger partial charge on any atom is -0.326 e. The number of hydrogen-bond donors (Lipinski definition) is 1. The fourth-order valence-corrected chi connectivity index (χ4v) is 1.67. The molecule has 0 aliphatic carbocycles. The average Bonchev–Trinajstić information content (AvgIpc) is 2.08. The summed E-state index contributed by atoms with van der Waals surface area (Å²) in [5.41, 5.74) is 5.47. The molecule has 0 aliphatic heterocycles. The van der Waals surface area contributed by atoms with Crippen LogP contribution in [0.2, 0.25) is 0 Å². The van der Waals surface area contributed by atoms with Crippen molar-refractivity contribution in [3.05, 3.63) is 25.5 Å². The van der Waals surface area contributed by atoms with E-state index in [1.807, 2.05) is 22.6 Å². The summed E-state index contributed by atoms with van der Waals surface area (Å²) in [5.74, 6) is 0. The van der Waals surface area contributed by atoms with Gasteiger partial charge in [0.2, 0.25) is 0 Å². The van der Waals surface area contributed by atoms with Crippen LogP contribution in [0.1, 0.15) is 17.7 Å². The molecule has 0 saturated carbocycles. The van der Waals surface area contributed by atoms with Crippen molar-refractivity contribution in [2.45, 2.75) is 13.0 Å². The molecule has 1 heterocycles. The van der Waals surface area contributed by atoms with Crippen molar-refractivity contribution in [3.63, 3.8) is 0 Å². The van der Waals surface area contributed by atoms with Gasteiger partial charge in [0.15, 0.2) is 0 Å². The lowest BCUT2D eigenvalue weighted by Gasteiger charge is -2.07. The van der Waals surface area contributed by atoms with E-state index in [4.69, 9.17) is 5.73 Å². The number of rotatable bonds is 2. The molecule has 0 atom stereocenters. The molecule has 0 unspecified atom stereocenters. The van der Waals surface area contributed by atoms with E-state index >= 15 is 0 Å². The van der Waals surface area contributed by atoms with Gasteiger partial charge in [-0.15, -0.1) is 0 Å². The first-order valence-corrected chi connectivity index (χ1v) is 5.26. The Morgan fingerprint density at radius 3 is 2.69 bits per heavy atom. The lowest BCUT2D eigenvalue weighted by molar-refractivity contribution is 0.144. The van der Waals surface area contributed by atoms with Gasteiger partial charge >= 0.3 is 0 Å². The number of nitrogens with zero attached hydrogens (tertiary/aromatic N) is 1. The van der Waals surface area contributed by atoms with E-state index in [9.17, 15) is 8.78 Å². The topological polar surface area (TPSA) is 38.9 Å². The second kappa shape index (κ2) is 4.61. The Kier molecular flexibility index (Phi) is 3.99. The molecule has 0 amide bonds. The molecule has 0 bridgehead atoms. The second-order valence-corrected chi connectivity index (χ2v) is 4.22. The van der Waals surface area contributed by atoms with Gasteiger partial charge in [-0.05, 0) is 50.2 Å². The maximum absolute atomic E-state index is 12.4.